The molecule has 1 atom stereocenters. The van der Waals surface area contributed by atoms with Crippen molar-refractivity contribution in [2.24, 2.45) is 0 Å². The molecule has 0 bridgehead atoms. The lowest BCUT2D eigenvalue weighted by molar-refractivity contribution is -0.137. The summed E-state index contributed by atoms with van der Waals surface area (Å²) in [6.45, 7) is 1.89. The number of rotatable bonds is 7. The molecule has 1 unspecified atom stereocenters. The zero-order valence-corrected chi connectivity index (χ0v) is 14.8. The predicted molar refractivity (Wildman–Crippen MR) is 96.0 cm³/mol. The molecule has 132 valence electrons. The Balaban J connectivity index is 2.19. The average molecular weight is 362 g/mol. The van der Waals surface area contributed by atoms with Crippen LogP contribution in [0.2, 0.25) is 5.02 Å². The summed E-state index contributed by atoms with van der Waals surface area (Å²) in [5, 5.41) is 12.5. The molecule has 25 heavy (non-hydrogen) atoms. The number of hydrogen-bond acceptors (Lipinski definition) is 3. The molecule has 2 rings (SSSR count). The van der Waals surface area contributed by atoms with Crippen LogP contribution >= 0.6 is 11.6 Å². The highest BCUT2D eigenvalue weighted by Crippen LogP contribution is 2.24. The van der Waals surface area contributed by atoms with E-state index in [0.29, 0.717) is 16.3 Å². The van der Waals surface area contributed by atoms with E-state index in [1.165, 1.54) is 7.11 Å². The molecule has 5 nitrogen and oxygen atoms in total. The van der Waals surface area contributed by atoms with Crippen LogP contribution < -0.4 is 10.1 Å². The SMILES string of the molecule is COc1ccc(Cl)cc1CC(=O)NC(CC(=O)O)c1ccccc1C. The Morgan fingerprint density at radius 3 is 2.60 bits per heavy atom. The molecule has 6 heteroatoms. The Hall–Kier alpha value is -2.53. The lowest BCUT2D eigenvalue weighted by Gasteiger charge is -2.20. The maximum atomic E-state index is 12.5. The maximum Gasteiger partial charge on any atom is 0.305 e. The van der Waals surface area contributed by atoms with Crippen molar-refractivity contribution in [1.82, 2.24) is 5.32 Å². The quantitative estimate of drug-likeness (QED) is 0.791. The molecule has 0 aliphatic carbocycles. The van der Waals surface area contributed by atoms with Gasteiger partial charge in [0.05, 0.1) is 26.0 Å². The molecule has 2 aromatic rings. The topological polar surface area (TPSA) is 75.6 Å². The first-order chi connectivity index (χ1) is 11.9. The van der Waals surface area contributed by atoms with Crippen LogP contribution in [-0.4, -0.2) is 24.1 Å². The number of nitrogens with one attached hydrogen (secondary N) is 1. The molecule has 0 spiro atoms. The van der Waals surface area contributed by atoms with Crippen molar-refractivity contribution >= 4 is 23.5 Å². The summed E-state index contributed by atoms with van der Waals surface area (Å²) < 4.78 is 5.24. The number of carboxylic acids is 1. The van der Waals surface area contributed by atoms with Crippen molar-refractivity contribution in [1.29, 1.82) is 0 Å². The van der Waals surface area contributed by atoms with Gasteiger partial charge in [-0.05, 0) is 36.2 Å². The molecule has 0 saturated carbocycles. The molecule has 0 fully saturated rings. The number of aliphatic carboxylic acids is 1. The van der Waals surface area contributed by atoms with Crippen molar-refractivity contribution < 1.29 is 19.4 Å². The molecule has 2 N–H and O–H groups in total. The van der Waals surface area contributed by atoms with Crippen LogP contribution in [0.4, 0.5) is 0 Å². The highest BCUT2D eigenvalue weighted by Gasteiger charge is 2.20. The number of carboxylic acid groups (broad SMARTS) is 1. The van der Waals surface area contributed by atoms with Gasteiger partial charge >= 0.3 is 5.97 Å². The van der Waals surface area contributed by atoms with Gasteiger partial charge in [-0.15, -0.1) is 0 Å². The van der Waals surface area contributed by atoms with Crippen LogP contribution in [0.3, 0.4) is 0 Å². The summed E-state index contributed by atoms with van der Waals surface area (Å²) in [5.74, 6) is -0.714. The summed E-state index contributed by atoms with van der Waals surface area (Å²) in [4.78, 5) is 23.7. The van der Waals surface area contributed by atoms with Gasteiger partial charge in [-0.25, -0.2) is 0 Å². The number of amides is 1. The summed E-state index contributed by atoms with van der Waals surface area (Å²) in [7, 11) is 1.52. The van der Waals surface area contributed by atoms with Crippen molar-refractivity contribution in [2.45, 2.75) is 25.8 Å². The Morgan fingerprint density at radius 1 is 1.24 bits per heavy atom. The van der Waals surface area contributed by atoms with Gasteiger partial charge in [0.15, 0.2) is 0 Å². The minimum Gasteiger partial charge on any atom is -0.496 e. The van der Waals surface area contributed by atoms with Crippen LogP contribution in [-0.2, 0) is 16.0 Å². The van der Waals surface area contributed by atoms with Crippen LogP contribution in [0, 0.1) is 6.92 Å². The molecule has 0 aliphatic rings. The highest BCUT2D eigenvalue weighted by atomic mass is 35.5. The van der Waals surface area contributed by atoms with Gasteiger partial charge in [0.1, 0.15) is 5.75 Å². The van der Waals surface area contributed by atoms with Crippen LogP contribution in [0.1, 0.15) is 29.2 Å². The number of methoxy groups -OCH3 is 1. The molecular weight excluding hydrogens is 342 g/mol. The number of benzene rings is 2. The Kier molecular flexibility index (Phi) is 6.42. The Morgan fingerprint density at radius 2 is 1.96 bits per heavy atom. The smallest absolute Gasteiger partial charge is 0.305 e. The Labute approximate surface area is 151 Å². The molecular formula is C19H20ClNO4. The molecule has 1 amide bonds. The monoisotopic (exact) mass is 361 g/mol. The summed E-state index contributed by atoms with van der Waals surface area (Å²) >= 11 is 5.98. The number of aryl methyl sites for hydroxylation is 1. The largest absolute Gasteiger partial charge is 0.496 e. The minimum absolute atomic E-state index is 0.0474. The van der Waals surface area contributed by atoms with E-state index in [4.69, 9.17) is 21.4 Å². The third-order valence-electron chi connectivity index (χ3n) is 3.87. The fourth-order valence-corrected chi connectivity index (χ4v) is 2.89. The van der Waals surface area contributed by atoms with Crippen molar-refractivity contribution in [2.75, 3.05) is 7.11 Å². The van der Waals surface area contributed by atoms with Gasteiger partial charge in [0.2, 0.25) is 5.91 Å². The van der Waals surface area contributed by atoms with Crippen LogP contribution in [0.5, 0.6) is 5.75 Å². The zero-order valence-electron chi connectivity index (χ0n) is 14.1. The number of hydrogen-bond donors (Lipinski definition) is 2. The maximum absolute atomic E-state index is 12.5. The standard InChI is InChI=1S/C19H20ClNO4/c1-12-5-3-4-6-15(12)16(11-19(23)24)21-18(22)10-13-9-14(20)7-8-17(13)25-2/h3-9,16H,10-11H2,1-2H3,(H,21,22)(H,23,24). The predicted octanol–water partition coefficient (Wildman–Crippen LogP) is 3.53. The third kappa shape index (κ3) is 5.22. The van der Waals surface area contributed by atoms with Gasteiger partial charge in [-0.2, -0.15) is 0 Å². The molecule has 0 saturated heterocycles. The third-order valence-corrected chi connectivity index (χ3v) is 4.11. The van der Waals surface area contributed by atoms with Crippen molar-refractivity contribution in [3.63, 3.8) is 0 Å². The first kappa shape index (κ1) is 18.8. The Bertz CT molecular complexity index is 776. The summed E-state index contributed by atoms with van der Waals surface area (Å²) in [5.41, 5.74) is 2.36. The molecule has 0 radical (unpaired) electrons. The van der Waals surface area contributed by atoms with E-state index in [2.05, 4.69) is 5.32 Å². The van der Waals surface area contributed by atoms with E-state index in [-0.39, 0.29) is 18.7 Å². The van der Waals surface area contributed by atoms with E-state index < -0.39 is 12.0 Å². The average Bonchev–Trinajstić information content (AvgIpc) is 2.54. The van der Waals surface area contributed by atoms with Crippen molar-refractivity contribution in [3.05, 3.63) is 64.2 Å². The number of halogens is 1. The van der Waals surface area contributed by atoms with E-state index >= 15 is 0 Å². The van der Waals surface area contributed by atoms with Crippen LogP contribution in [0.15, 0.2) is 42.5 Å². The number of carbonyl (C=O) groups excluding carboxylic acids is 1. The summed E-state index contributed by atoms with van der Waals surface area (Å²) in [6, 6.07) is 11.8. The molecule has 0 heterocycles. The summed E-state index contributed by atoms with van der Waals surface area (Å²) in [6.07, 6.45) is -0.144. The van der Waals surface area contributed by atoms with Gasteiger partial charge in [-0.3, -0.25) is 9.59 Å². The lowest BCUT2D eigenvalue weighted by Crippen LogP contribution is -2.31. The second kappa shape index (κ2) is 8.53. The highest BCUT2D eigenvalue weighted by molar-refractivity contribution is 6.30. The van der Waals surface area contributed by atoms with E-state index in [1.807, 2.05) is 31.2 Å². The molecule has 0 aromatic heterocycles. The fraction of sp³-hybridized carbons (Fsp3) is 0.263. The zero-order chi connectivity index (χ0) is 18.4. The first-order valence-corrected chi connectivity index (χ1v) is 8.17. The van der Waals surface area contributed by atoms with Gasteiger partial charge < -0.3 is 15.2 Å². The van der Waals surface area contributed by atoms with E-state index in [1.54, 1.807) is 18.2 Å². The number of ether oxygens (including phenoxy) is 1. The molecule has 0 aliphatic heterocycles. The fourth-order valence-electron chi connectivity index (χ4n) is 2.69. The second-order valence-electron chi connectivity index (χ2n) is 5.71. The van der Waals surface area contributed by atoms with Gasteiger partial charge in [-0.1, -0.05) is 35.9 Å². The second-order valence-corrected chi connectivity index (χ2v) is 6.14. The minimum atomic E-state index is -0.978. The van der Waals surface area contributed by atoms with Crippen LogP contribution in [0.25, 0.3) is 0 Å². The van der Waals surface area contributed by atoms with E-state index in [9.17, 15) is 9.59 Å². The normalized spacial score (nSPS) is 11.6. The first-order valence-electron chi connectivity index (χ1n) is 7.79. The van der Waals surface area contributed by atoms with Gasteiger partial charge in [0, 0.05) is 10.6 Å². The lowest BCUT2D eigenvalue weighted by atomic mass is 9.98. The van der Waals surface area contributed by atoms with Crippen molar-refractivity contribution in [3.8, 4) is 5.75 Å². The number of carbonyl (C=O) groups is 2. The van der Waals surface area contributed by atoms with E-state index in [0.717, 1.165) is 11.1 Å². The van der Waals surface area contributed by atoms with Gasteiger partial charge in [0.25, 0.3) is 0 Å². The molecule has 2 aromatic carbocycles.